The number of aliphatic hydroxyl groups excluding tert-OH is 2. The van der Waals surface area contributed by atoms with Crippen LogP contribution in [0.4, 0.5) is 0 Å². The topological polar surface area (TPSA) is 471 Å². The summed E-state index contributed by atoms with van der Waals surface area (Å²) in [5, 5.41) is 64.6. The zero-order valence-electron chi connectivity index (χ0n) is 39.1. The Kier molecular flexibility index (Phi) is 26.4. The van der Waals surface area contributed by atoms with Crippen LogP contribution in [0, 0.1) is 11.8 Å². The third-order valence-electron chi connectivity index (χ3n) is 10.7. The van der Waals surface area contributed by atoms with Gasteiger partial charge in [0.05, 0.1) is 32.1 Å². The van der Waals surface area contributed by atoms with E-state index in [2.05, 4.69) is 37.2 Å². The van der Waals surface area contributed by atoms with Gasteiger partial charge in [-0.1, -0.05) is 27.7 Å². The molecule has 0 bridgehead atoms. The van der Waals surface area contributed by atoms with Crippen molar-refractivity contribution in [2.75, 3.05) is 26.3 Å². The molecule has 9 atom stereocenters. The first-order valence-corrected chi connectivity index (χ1v) is 22.3. The number of aliphatic carboxylic acids is 3. The molecule has 0 unspecified atom stereocenters. The second kappa shape index (κ2) is 30.1. The van der Waals surface area contributed by atoms with E-state index in [0.717, 1.165) is 4.90 Å². The van der Waals surface area contributed by atoms with Gasteiger partial charge in [0, 0.05) is 13.0 Å². The molecule has 0 aromatic carbocycles. The molecule has 0 saturated carbocycles. The molecule has 28 heteroatoms. The summed E-state index contributed by atoms with van der Waals surface area (Å²) in [4.78, 5) is 155. The molecule has 0 spiro atoms. The van der Waals surface area contributed by atoms with Crippen LogP contribution in [0.25, 0.3) is 0 Å². The summed E-state index contributed by atoms with van der Waals surface area (Å²) in [5.74, 6) is -14.7. The van der Waals surface area contributed by atoms with E-state index in [9.17, 15) is 83.1 Å². The molecule has 18 N–H and O–H groups in total. The van der Waals surface area contributed by atoms with Crippen molar-refractivity contribution in [1.82, 2.24) is 42.1 Å². The number of hydrogen-bond acceptors (Lipinski definition) is 16. The van der Waals surface area contributed by atoms with Gasteiger partial charge in [-0.25, -0.2) is 4.79 Å². The predicted molar refractivity (Wildman–Crippen MR) is 238 cm³/mol. The van der Waals surface area contributed by atoms with Crippen molar-refractivity contribution >= 4 is 71.1 Å². The Morgan fingerprint density at radius 1 is 0.594 bits per heavy atom. The van der Waals surface area contributed by atoms with E-state index in [1.54, 1.807) is 27.7 Å². The Morgan fingerprint density at radius 3 is 1.57 bits per heavy atom. The fourth-order valence-corrected chi connectivity index (χ4v) is 6.87. The molecule has 0 aromatic heterocycles. The number of carbonyl (C=O) groups excluding carboxylic acids is 9. The molecule has 1 fully saturated rings. The van der Waals surface area contributed by atoms with Crippen LogP contribution < -0.4 is 54.4 Å². The number of carbonyl (C=O) groups is 12. The number of hydrogen-bond donors (Lipinski definition) is 15. The Hall–Kier alpha value is -6.52. The highest BCUT2D eigenvalue weighted by Gasteiger charge is 2.41. The molecule has 1 heterocycles. The maximum Gasteiger partial charge on any atom is 0.326 e. The Morgan fingerprint density at radius 2 is 1.07 bits per heavy atom. The van der Waals surface area contributed by atoms with Crippen LogP contribution in [0.3, 0.4) is 0 Å². The van der Waals surface area contributed by atoms with Crippen LogP contribution in [-0.4, -0.2) is 182 Å². The maximum absolute atomic E-state index is 14.0. The van der Waals surface area contributed by atoms with Crippen molar-refractivity contribution < 1.29 is 83.1 Å². The summed E-state index contributed by atoms with van der Waals surface area (Å²) in [6.45, 7) is 4.67. The molecule has 69 heavy (non-hydrogen) atoms. The van der Waals surface area contributed by atoms with Crippen molar-refractivity contribution in [3.63, 3.8) is 0 Å². The number of nitrogens with two attached hydrogens (primary N) is 3. The fraction of sp³-hybridized carbons (Fsp3) is 0.707. The third kappa shape index (κ3) is 21.1. The summed E-state index contributed by atoms with van der Waals surface area (Å²) < 4.78 is 0. The lowest BCUT2D eigenvalue weighted by atomic mass is 10.0. The number of nitrogens with one attached hydrogen (secondary N) is 7. The molecular weight excluding hydrogens is 919 g/mol. The summed E-state index contributed by atoms with van der Waals surface area (Å²) in [5.41, 5.74) is 16.6. The van der Waals surface area contributed by atoms with Crippen LogP contribution in [0.2, 0.25) is 0 Å². The minimum absolute atomic E-state index is 0.0531. The minimum Gasteiger partial charge on any atom is -0.481 e. The fourth-order valence-electron chi connectivity index (χ4n) is 6.87. The predicted octanol–water partition coefficient (Wildman–Crippen LogP) is -6.19. The average molecular weight is 988 g/mol. The highest BCUT2D eigenvalue weighted by atomic mass is 16.4. The Labute approximate surface area is 397 Å². The zero-order chi connectivity index (χ0) is 52.7. The van der Waals surface area contributed by atoms with E-state index in [0.29, 0.717) is 12.8 Å². The number of carboxylic acid groups (broad SMARTS) is 3. The molecule has 0 aromatic rings. The number of nitrogens with zero attached hydrogens (tertiary/aromatic N) is 1. The van der Waals surface area contributed by atoms with Crippen molar-refractivity contribution in [1.29, 1.82) is 0 Å². The lowest BCUT2D eigenvalue weighted by Crippen LogP contribution is -2.61. The van der Waals surface area contributed by atoms with Gasteiger partial charge in [0.1, 0.15) is 48.3 Å². The average Bonchev–Trinajstić information content (AvgIpc) is 3.76. The Bertz CT molecular complexity index is 1850. The second-order valence-corrected chi connectivity index (χ2v) is 17.2. The number of unbranched alkanes of at least 4 members (excludes halogenated alkanes) is 1. The van der Waals surface area contributed by atoms with Gasteiger partial charge in [0.25, 0.3) is 0 Å². The van der Waals surface area contributed by atoms with Gasteiger partial charge in [-0.05, 0) is 63.3 Å². The van der Waals surface area contributed by atoms with E-state index in [4.69, 9.17) is 17.2 Å². The van der Waals surface area contributed by atoms with Gasteiger partial charge < -0.3 is 84.9 Å². The lowest BCUT2D eigenvalue weighted by Gasteiger charge is -2.30. The number of carboxylic acids is 3. The smallest absolute Gasteiger partial charge is 0.326 e. The van der Waals surface area contributed by atoms with Crippen molar-refractivity contribution in [3.05, 3.63) is 0 Å². The van der Waals surface area contributed by atoms with Gasteiger partial charge in [0.15, 0.2) is 0 Å². The van der Waals surface area contributed by atoms with Crippen molar-refractivity contribution in [2.24, 2.45) is 29.0 Å². The van der Waals surface area contributed by atoms with Gasteiger partial charge in [0.2, 0.25) is 53.2 Å². The van der Waals surface area contributed by atoms with E-state index >= 15 is 0 Å². The normalized spacial score (nSPS) is 16.8. The number of amides is 9. The number of likely N-dealkylation sites (tertiary alicyclic amines) is 1. The molecule has 9 amide bonds. The first-order chi connectivity index (χ1) is 32.3. The molecule has 0 aliphatic carbocycles. The van der Waals surface area contributed by atoms with Crippen LogP contribution >= 0.6 is 0 Å². The highest BCUT2D eigenvalue weighted by Crippen LogP contribution is 2.20. The standard InChI is InChI=1S/C41H69N11O17/c1-19(2)14-23(35(62)49-25(41(68)69)15-29(43)55)47-37(64)27(18-54)51-38(65)28-9-7-13-52(28)40(67)24(16-31(58)59)48-34(61)22(10-11-30(56)57)45-36(63)26(17-53)50-33(60)21(8-5-6-12-42)46-39(66)32(44)20(3)4/h19-28,32,53-54H,5-18,42,44H2,1-4H3,(H2,43,55)(H,45,63)(H,46,66)(H,47,64)(H,48,61)(H,49,62)(H,50,60)(H,51,65)(H,56,57)(H,58,59)(H,68,69)/t21-,22-,23-,24-,25-,26-,27-,28-,32-/m0/s1. The molecule has 1 saturated heterocycles. The quantitative estimate of drug-likeness (QED) is 0.0279. The number of rotatable bonds is 32. The third-order valence-corrected chi connectivity index (χ3v) is 10.7. The zero-order valence-corrected chi connectivity index (χ0v) is 39.1. The van der Waals surface area contributed by atoms with Crippen molar-refractivity contribution in [3.8, 4) is 0 Å². The van der Waals surface area contributed by atoms with Gasteiger partial charge in [-0.15, -0.1) is 0 Å². The number of primary amides is 1. The SMILES string of the molecule is CC(C)C[C@H](NC(=O)[C@H](CO)NC(=O)[C@@H]1CCCN1C(=O)[C@H](CC(=O)O)NC(=O)[C@H](CCC(=O)O)NC(=O)[C@H](CO)NC(=O)[C@H](CCCCN)NC(=O)[C@@H](N)C(C)C)C(=O)N[C@@H](CC(N)=O)C(=O)O. The minimum atomic E-state index is -1.95. The van der Waals surface area contributed by atoms with Crippen LogP contribution in [0.15, 0.2) is 0 Å². The van der Waals surface area contributed by atoms with E-state index in [1.165, 1.54) is 0 Å². The molecule has 1 aliphatic rings. The van der Waals surface area contributed by atoms with Gasteiger partial charge in [-0.2, -0.15) is 0 Å². The van der Waals surface area contributed by atoms with Gasteiger partial charge >= 0.3 is 17.9 Å². The van der Waals surface area contributed by atoms with E-state index < -0.39 is 164 Å². The van der Waals surface area contributed by atoms with Crippen molar-refractivity contribution in [2.45, 2.75) is 146 Å². The summed E-state index contributed by atoms with van der Waals surface area (Å²) >= 11 is 0. The van der Waals surface area contributed by atoms with Crippen LogP contribution in [0.1, 0.15) is 91.9 Å². The highest BCUT2D eigenvalue weighted by molar-refractivity contribution is 5.99. The molecule has 1 rings (SSSR count). The maximum atomic E-state index is 14.0. The largest absolute Gasteiger partial charge is 0.481 e. The van der Waals surface area contributed by atoms with Gasteiger partial charge in [-0.3, -0.25) is 52.7 Å². The number of aliphatic hydroxyl groups is 2. The summed E-state index contributed by atoms with van der Waals surface area (Å²) in [7, 11) is 0. The van der Waals surface area contributed by atoms with Crippen LogP contribution in [-0.2, 0) is 57.5 Å². The van der Waals surface area contributed by atoms with E-state index in [1.807, 2.05) is 0 Å². The summed E-state index contributed by atoms with van der Waals surface area (Å²) in [6, 6.07) is -14.2. The second-order valence-electron chi connectivity index (χ2n) is 17.2. The monoisotopic (exact) mass is 987 g/mol. The Balaban J connectivity index is 3.31. The molecule has 1 aliphatic heterocycles. The molecule has 390 valence electrons. The van der Waals surface area contributed by atoms with Crippen LogP contribution in [0.5, 0.6) is 0 Å². The first-order valence-electron chi connectivity index (χ1n) is 22.3. The molecule has 0 radical (unpaired) electrons. The molecular formula is C41H69N11O17. The summed E-state index contributed by atoms with van der Waals surface area (Å²) in [6.07, 6.45) is -2.37. The van der Waals surface area contributed by atoms with E-state index in [-0.39, 0.29) is 50.6 Å². The molecule has 28 nitrogen and oxygen atoms in total. The lowest BCUT2D eigenvalue weighted by molar-refractivity contribution is -0.146. The first kappa shape index (κ1) is 60.5.